The van der Waals surface area contributed by atoms with E-state index in [9.17, 15) is 23.5 Å². The molecule has 3 N–H and O–H groups in total. The number of halogens is 2. The molecule has 0 bridgehead atoms. The zero-order valence-corrected chi connectivity index (χ0v) is 16.8. The molecular weight excluding hydrogens is 408 g/mol. The number of H-pyrrole nitrogens is 1. The number of aromatic hydroxyl groups is 1. The van der Waals surface area contributed by atoms with Crippen molar-refractivity contribution in [3.63, 3.8) is 0 Å². The maximum Gasteiger partial charge on any atom is 0.269 e. The molecule has 0 unspecified atom stereocenters. The molecule has 0 aliphatic carbocycles. The van der Waals surface area contributed by atoms with Gasteiger partial charge in [-0.3, -0.25) is 9.59 Å². The van der Waals surface area contributed by atoms with Gasteiger partial charge in [-0.2, -0.15) is 0 Å². The molecule has 1 aliphatic heterocycles. The van der Waals surface area contributed by atoms with Crippen LogP contribution in [0.3, 0.4) is 0 Å². The number of fused-ring (bicyclic) bond motifs is 1. The third-order valence-electron chi connectivity index (χ3n) is 5.63. The van der Waals surface area contributed by atoms with E-state index >= 15 is 0 Å². The number of likely N-dealkylation sites (tertiary alicyclic amines) is 1. The minimum Gasteiger partial charge on any atom is -0.503 e. The molecule has 0 atom stereocenters. The average Bonchev–Trinajstić information content (AvgIpc) is 2.74. The number of aromatic amines is 1. The average molecular weight is 431 g/mol. The van der Waals surface area contributed by atoms with Crippen molar-refractivity contribution < 1.29 is 13.9 Å². The zero-order valence-electron chi connectivity index (χ0n) is 16.8. The lowest BCUT2D eigenvalue weighted by Crippen LogP contribution is -2.43. The summed E-state index contributed by atoms with van der Waals surface area (Å²) in [7, 11) is 0. The summed E-state index contributed by atoms with van der Waals surface area (Å²) >= 11 is 0. The highest BCUT2D eigenvalue weighted by molar-refractivity contribution is 5.75. The van der Waals surface area contributed by atoms with Gasteiger partial charge >= 0.3 is 0 Å². The Morgan fingerprint density at radius 3 is 2.68 bits per heavy atom. The summed E-state index contributed by atoms with van der Waals surface area (Å²) in [4.78, 5) is 32.6. The monoisotopic (exact) mass is 431 g/mol. The lowest BCUT2D eigenvalue weighted by molar-refractivity contribution is 0.191. The fourth-order valence-electron chi connectivity index (χ4n) is 3.89. The first-order valence-corrected chi connectivity index (χ1v) is 10.1. The van der Waals surface area contributed by atoms with E-state index in [0.29, 0.717) is 25.3 Å². The van der Waals surface area contributed by atoms with Gasteiger partial charge in [-0.1, -0.05) is 0 Å². The van der Waals surface area contributed by atoms with Crippen LogP contribution in [0.4, 0.5) is 8.78 Å². The molecule has 1 fully saturated rings. The third kappa shape index (κ3) is 4.80. The second-order valence-electron chi connectivity index (χ2n) is 7.71. The van der Waals surface area contributed by atoms with Crippen molar-refractivity contribution in [1.82, 2.24) is 24.8 Å². The van der Waals surface area contributed by atoms with Gasteiger partial charge in [-0.05, 0) is 25.9 Å². The van der Waals surface area contributed by atoms with Gasteiger partial charge < -0.3 is 24.9 Å². The normalized spacial score (nSPS) is 15.5. The topological polar surface area (TPSA) is 103 Å². The Kier molecular flexibility index (Phi) is 6.10. The van der Waals surface area contributed by atoms with Gasteiger partial charge in [0.25, 0.3) is 5.56 Å². The molecule has 3 heterocycles. The van der Waals surface area contributed by atoms with Crippen molar-refractivity contribution in [1.29, 1.82) is 0 Å². The Balaban J connectivity index is 1.33. The Morgan fingerprint density at radius 2 is 1.94 bits per heavy atom. The van der Waals surface area contributed by atoms with Gasteiger partial charge in [0, 0.05) is 55.8 Å². The molecular formula is C21H23F2N5O3. The summed E-state index contributed by atoms with van der Waals surface area (Å²) in [6.07, 6.45) is 4.12. The molecule has 0 amide bonds. The van der Waals surface area contributed by atoms with Crippen LogP contribution in [0, 0.1) is 11.6 Å². The van der Waals surface area contributed by atoms with Crippen LogP contribution in [0.25, 0.3) is 11.0 Å². The predicted molar refractivity (Wildman–Crippen MR) is 111 cm³/mol. The number of benzene rings is 1. The summed E-state index contributed by atoms with van der Waals surface area (Å²) < 4.78 is 29.0. The number of rotatable bonds is 6. The number of hydrogen-bond acceptors (Lipinski definition) is 6. The van der Waals surface area contributed by atoms with Crippen LogP contribution in [-0.2, 0) is 13.1 Å². The van der Waals surface area contributed by atoms with E-state index in [1.165, 1.54) is 16.8 Å². The maximum atomic E-state index is 14.0. The molecule has 10 heteroatoms. The van der Waals surface area contributed by atoms with Crippen LogP contribution in [0.2, 0.25) is 0 Å². The maximum absolute atomic E-state index is 14.0. The first-order valence-electron chi connectivity index (χ1n) is 10.1. The summed E-state index contributed by atoms with van der Waals surface area (Å²) in [5.41, 5.74) is 0.0372. The minimum atomic E-state index is -0.786. The molecule has 3 aromatic rings. The predicted octanol–water partition coefficient (Wildman–Crippen LogP) is 1.32. The lowest BCUT2D eigenvalue weighted by Gasteiger charge is -2.32. The number of pyridine rings is 1. The molecule has 1 saturated heterocycles. The van der Waals surface area contributed by atoms with E-state index in [0.717, 1.165) is 44.3 Å². The van der Waals surface area contributed by atoms with E-state index in [4.69, 9.17) is 0 Å². The highest BCUT2D eigenvalue weighted by Crippen LogP contribution is 2.17. The van der Waals surface area contributed by atoms with Crippen molar-refractivity contribution in [2.24, 2.45) is 0 Å². The van der Waals surface area contributed by atoms with Crippen LogP contribution in [0.5, 0.6) is 5.75 Å². The minimum absolute atomic E-state index is 0.0174. The molecule has 1 aromatic carbocycles. The summed E-state index contributed by atoms with van der Waals surface area (Å²) in [5.74, 6) is -1.83. The molecule has 8 nitrogen and oxygen atoms in total. The molecule has 1 aliphatic rings. The number of piperidine rings is 1. The third-order valence-corrected chi connectivity index (χ3v) is 5.63. The molecule has 2 aromatic heterocycles. The van der Waals surface area contributed by atoms with E-state index in [-0.39, 0.29) is 22.8 Å². The van der Waals surface area contributed by atoms with Crippen LogP contribution < -0.4 is 16.3 Å². The highest BCUT2D eigenvalue weighted by Gasteiger charge is 2.19. The SMILES string of the molecule is O=c1cc(CNC2CCN(CCn3c(=O)cnc4c(F)cc(F)cc43)CC2)[nH]cc1O. The Hall–Kier alpha value is -3.11. The molecule has 0 spiro atoms. The van der Waals surface area contributed by atoms with E-state index in [1.54, 1.807) is 0 Å². The number of hydrogen-bond donors (Lipinski definition) is 3. The Labute approximate surface area is 176 Å². The molecule has 4 rings (SSSR count). The lowest BCUT2D eigenvalue weighted by atomic mass is 10.0. The first-order chi connectivity index (χ1) is 14.9. The van der Waals surface area contributed by atoms with Crippen LogP contribution in [0.15, 0.2) is 40.2 Å². The van der Waals surface area contributed by atoms with Crippen LogP contribution in [0.1, 0.15) is 18.5 Å². The quantitative estimate of drug-likeness (QED) is 0.544. The van der Waals surface area contributed by atoms with Crippen molar-refractivity contribution >= 4 is 11.0 Å². The van der Waals surface area contributed by atoms with Crippen LogP contribution >= 0.6 is 0 Å². The van der Waals surface area contributed by atoms with Crippen molar-refractivity contribution in [3.05, 3.63) is 68.5 Å². The van der Waals surface area contributed by atoms with Gasteiger partial charge in [-0.25, -0.2) is 13.8 Å². The Morgan fingerprint density at radius 1 is 1.16 bits per heavy atom. The summed E-state index contributed by atoms with van der Waals surface area (Å²) in [6, 6.07) is 3.55. The summed E-state index contributed by atoms with van der Waals surface area (Å²) in [6.45, 7) is 3.01. The van der Waals surface area contributed by atoms with Crippen molar-refractivity contribution in [2.75, 3.05) is 19.6 Å². The van der Waals surface area contributed by atoms with Gasteiger partial charge in [0.15, 0.2) is 11.6 Å². The first kappa shape index (κ1) is 21.1. The van der Waals surface area contributed by atoms with Gasteiger partial charge in [-0.15, -0.1) is 0 Å². The molecule has 164 valence electrons. The van der Waals surface area contributed by atoms with Gasteiger partial charge in [0.05, 0.1) is 11.7 Å². The second-order valence-corrected chi connectivity index (χ2v) is 7.71. The smallest absolute Gasteiger partial charge is 0.269 e. The van der Waals surface area contributed by atoms with E-state index in [1.807, 2.05) is 0 Å². The Bertz CT molecular complexity index is 1200. The number of nitrogens with zero attached hydrogens (tertiary/aromatic N) is 3. The largest absolute Gasteiger partial charge is 0.503 e. The van der Waals surface area contributed by atoms with Gasteiger partial charge in [0.2, 0.25) is 5.43 Å². The number of aromatic nitrogens is 3. The fraction of sp³-hybridized carbons (Fsp3) is 0.381. The van der Waals surface area contributed by atoms with Gasteiger partial charge in [0.1, 0.15) is 11.3 Å². The molecule has 0 radical (unpaired) electrons. The van der Waals surface area contributed by atoms with E-state index in [2.05, 4.69) is 20.2 Å². The zero-order chi connectivity index (χ0) is 22.0. The fourth-order valence-corrected chi connectivity index (χ4v) is 3.89. The van der Waals surface area contributed by atoms with Crippen molar-refractivity contribution in [3.8, 4) is 5.75 Å². The molecule has 0 saturated carbocycles. The standard InChI is InChI=1S/C21H23F2N5O3/c22-13-7-16(23)21-17(8-13)28(20(31)12-26-21)6-5-27-3-1-14(2-4-27)24-10-15-9-18(29)19(30)11-25-15/h7-9,11-12,14,24,30H,1-6,10H2,(H,25,29). The van der Waals surface area contributed by atoms with Crippen LogP contribution in [-0.4, -0.2) is 50.2 Å². The van der Waals surface area contributed by atoms with Crippen molar-refractivity contribution in [2.45, 2.75) is 32.0 Å². The number of nitrogens with one attached hydrogen (secondary N) is 2. The summed E-state index contributed by atoms with van der Waals surface area (Å²) in [5, 5.41) is 12.7. The highest BCUT2D eigenvalue weighted by atomic mass is 19.1. The second kappa shape index (κ2) is 8.94. The van der Waals surface area contributed by atoms with E-state index < -0.39 is 22.6 Å². The molecule has 31 heavy (non-hydrogen) atoms.